The van der Waals surface area contributed by atoms with Gasteiger partial charge in [-0.15, -0.1) is 0 Å². The van der Waals surface area contributed by atoms with Gasteiger partial charge in [0.1, 0.15) is 0 Å². The number of hydrogen-bond donors (Lipinski definition) is 0. The molecule has 0 amide bonds. The van der Waals surface area contributed by atoms with Gasteiger partial charge in [-0.3, -0.25) is 10.1 Å². The first kappa shape index (κ1) is 10.6. The van der Waals surface area contributed by atoms with Crippen molar-refractivity contribution in [3.05, 3.63) is 38.9 Å². The normalized spacial score (nSPS) is 10.6. The Kier molecular flexibility index (Phi) is 2.78. The number of nitrogens with zero attached hydrogens (tertiary/aromatic N) is 1. The molecule has 0 fully saturated rings. The Morgan fingerprint density at radius 2 is 1.93 bits per heavy atom. The van der Waals surface area contributed by atoms with Gasteiger partial charge < -0.3 is 0 Å². The molecule has 1 aromatic rings. The van der Waals surface area contributed by atoms with Gasteiger partial charge in [0.2, 0.25) is 0 Å². The van der Waals surface area contributed by atoms with E-state index in [0.717, 1.165) is 6.07 Å². The van der Waals surface area contributed by atoms with Crippen LogP contribution in [-0.4, -0.2) is 4.92 Å². The summed E-state index contributed by atoms with van der Waals surface area (Å²) in [5, 5.41) is 10.5. The molecule has 5 heteroatoms. The van der Waals surface area contributed by atoms with E-state index in [1.54, 1.807) is 13.8 Å². The molecule has 0 aromatic heterocycles. The third-order valence-electron chi connectivity index (χ3n) is 2.11. The molecular formula is C9H9F2NO2. The Morgan fingerprint density at radius 1 is 1.36 bits per heavy atom. The van der Waals surface area contributed by atoms with Gasteiger partial charge in [0, 0.05) is 17.2 Å². The molecule has 0 spiro atoms. The molecule has 76 valence electrons. The van der Waals surface area contributed by atoms with Crippen LogP contribution in [0.2, 0.25) is 0 Å². The lowest BCUT2D eigenvalue weighted by molar-refractivity contribution is -0.385. The number of alkyl halides is 2. The molecule has 0 radical (unpaired) electrons. The largest absolute Gasteiger partial charge is 0.273 e. The summed E-state index contributed by atoms with van der Waals surface area (Å²) in [7, 11) is 0. The number of nitro groups is 1. The highest BCUT2D eigenvalue weighted by molar-refractivity contribution is 5.47. The monoisotopic (exact) mass is 201 g/mol. The van der Waals surface area contributed by atoms with Crippen LogP contribution >= 0.6 is 0 Å². The maximum atomic E-state index is 12.3. The molecule has 14 heavy (non-hydrogen) atoms. The van der Waals surface area contributed by atoms with Crippen LogP contribution in [0.5, 0.6) is 0 Å². The zero-order valence-electron chi connectivity index (χ0n) is 7.75. The van der Waals surface area contributed by atoms with Gasteiger partial charge in [-0.2, -0.15) is 0 Å². The number of nitro benzene ring substituents is 1. The molecule has 1 rings (SSSR count). The summed E-state index contributed by atoms with van der Waals surface area (Å²) in [6, 6.07) is 2.19. The molecule has 0 bridgehead atoms. The first-order valence-electron chi connectivity index (χ1n) is 3.97. The summed E-state index contributed by atoms with van der Waals surface area (Å²) in [5.41, 5.74) is 0.383. The average molecular weight is 201 g/mol. The van der Waals surface area contributed by atoms with Crippen molar-refractivity contribution in [2.45, 2.75) is 20.3 Å². The van der Waals surface area contributed by atoms with Crippen molar-refractivity contribution in [2.24, 2.45) is 0 Å². The van der Waals surface area contributed by atoms with Crippen LogP contribution in [0.15, 0.2) is 12.1 Å². The van der Waals surface area contributed by atoms with Gasteiger partial charge in [0.05, 0.1) is 4.92 Å². The predicted molar refractivity (Wildman–Crippen MR) is 47.5 cm³/mol. The zero-order valence-corrected chi connectivity index (χ0v) is 7.75. The van der Waals surface area contributed by atoms with E-state index in [1.807, 2.05) is 0 Å². The summed E-state index contributed by atoms with van der Waals surface area (Å²) >= 11 is 0. The SMILES string of the molecule is Cc1cc(C(F)F)cc([N+](=O)[O-])c1C. The molecule has 0 saturated heterocycles. The van der Waals surface area contributed by atoms with Gasteiger partial charge in [-0.1, -0.05) is 0 Å². The Morgan fingerprint density at radius 3 is 2.36 bits per heavy atom. The summed E-state index contributed by atoms with van der Waals surface area (Å²) in [6.45, 7) is 3.12. The van der Waals surface area contributed by atoms with E-state index in [4.69, 9.17) is 0 Å². The second-order valence-corrected chi connectivity index (χ2v) is 3.04. The van der Waals surface area contributed by atoms with Crippen LogP contribution in [0.25, 0.3) is 0 Å². The minimum absolute atomic E-state index is 0.250. The van der Waals surface area contributed by atoms with E-state index in [0.29, 0.717) is 11.1 Å². The fourth-order valence-corrected chi connectivity index (χ4v) is 1.18. The third-order valence-corrected chi connectivity index (χ3v) is 2.11. The molecule has 0 aliphatic carbocycles. The molecular weight excluding hydrogens is 192 g/mol. The molecule has 1 aromatic carbocycles. The van der Waals surface area contributed by atoms with Crippen LogP contribution in [-0.2, 0) is 0 Å². The van der Waals surface area contributed by atoms with Crippen LogP contribution in [0.3, 0.4) is 0 Å². The lowest BCUT2D eigenvalue weighted by Gasteiger charge is -2.05. The van der Waals surface area contributed by atoms with Crippen molar-refractivity contribution in [2.75, 3.05) is 0 Å². The fourth-order valence-electron chi connectivity index (χ4n) is 1.18. The molecule has 0 N–H and O–H groups in total. The average Bonchev–Trinajstić information content (AvgIpc) is 2.08. The quantitative estimate of drug-likeness (QED) is 0.544. The molecule has 0 saturated carbocycles. The first-order chi connectivity index (χ1) is 6.43. The van der Waals surface area contributed by atoms with E-state index in [1.165, 1.54) is 6.07 Å². The van der Waals surface area contributed by atoms with Crippen molar-refractivity contribution in [1.29, 1.82) is 0 Å². The lowest BCUT2D eigenvalue weighted by atomic mass is 10.0. The van der Waals surface area contributed by atoms with E-state index < -0.39 is 11.3 Å². The molecule has 0 aliphatic heterocycles. The number of halogens is 2. The van der Waals surface area contributed by atoms with Crippen molar-refractivity contribution in [3.63, 3.8) is 0 Å². The van der Waals surface area contributed by atoms with Gasteiger partial charge in [0.25, 0.3) is 12.1 Å². The molecule has 0 atom stereocenters. The first-order valence-corrected chi connectivity index (χ1v) is 3.97. The molecule has 0 heterocycles. The third kappa shape index (κ3) is 1.86. The summed E-state index contributed by atoms with van der Waals surface area (Å²) in [5.74, 6) is 0. The van der Waals surface area contributed by atoms with Crippen molar-refractivity contribution >= 4 is 5.69 Å². The highest BCUT2D eigenvalue weighted by atomic mass is 19.3. The number of hydrogen-bond acceptors (Lipinski definition) is 2. The van der Waals surface area contributed by atoms with Crippen LogP contribution in [0.1, 0.15) is 23.1 Å². The van der Waals surface area contributed by atoms with Gasteiger partial charge in [-0.05, 0) is 25.5 Å². The second kappa shape index (κ2) is 3.69. The van der Waals surface area contributed by atoms with E-state index in [9.17, 15) is 18.9 Å². The summed E-state index contributed by atoms with van der Waals surface area (Å²) < 4.78 is 24.6. The lowest BCUT2D eigenvalue weighted by Crippen LogP contribution is -1.97. The summed E-state index contributed by atoms with van der Waals surface area (Å²) in [4.78, 5) is 9.86. The van der Waals surface area contributed by atoms with Crippen LogP contribution in [0, 0.1) is 24.0 Å². The highest BCUT2D eigenvalue weighted by Crippen LogP contribution is 2.28. The summed E-state index contributed by atoms with van der Waals surface area (Å²) in [6.07, 6.45) is -2.67. The van der Waals surface area contributed by atoms with Gasteiger partial charge in [0.15, 0.2) is 0 Å². The van der Waals surface area contributed by atoms with Crippen molar-refractivity contribution in [3.8, 4) is 0 Å². The van der Waals surface area contributed by atoms with Gasteiger partial charge in [-0.25, -0.2) is 8.78 Å². The Balaban J connectivity index is 3.35. The maximum Gasteiger partial charge on any atom is 0.273 e. The second-order valence-electron chi connectivity index (χ2n) is 3.04. The van der Waals surface area contributed by atoms with Crippen molar-refractivity contribution in [1.82, 2.24) is 0 Å². The molecule has 0 unspecified atom stereocenters. The standard InChI is InChI=1S/C9H9F2NO2/c1-5-3-7(9(10)11)4-8(6(5)2)12(13)14/h3-4,9H,1-2H3. The van der Waals surface area contributed by atoms with Crippen molar-refractivity contribution < 1.29 is 13.7 Å². The fraction of sp³-hybridized carbons (Fsp3) is 0.333. The smallest absolute Gasteiger partial charge is 0.258 e. The predicted octanol–water partition coefficient (Wildman–Crippen LogP) is 3.15. The van der Waals surface area contributed by atoms with E-state index in [2.05, 4.69) is 0 Å². The number of aryl methyl sites for hydroxylation is 1. The Hall–Kier alpha value is -1.52. The van der Waals surface area contributed by atoms with Crippen LogP contribution in [0.4, 0.5) is 14.5 Å². The van der Waals surface area contributed by atoms with Gasteiger partial charge >= 0.3 is 0 Å². The molecule has 3 nitrogen and oxygen atoms in total. The Bertz CT molecular complexity index is 377. The Labute approximate surface area is 79.5 Å². The van der Waals surface area contributed by atoms with E-state index >= 15 is 0 Å². The number of benzene rings is 1. The maximum absolute atomic E-state index is 12.3. The minimum atomic E-state index is -2.67. The van der Waals surface area contributed by atoms with E-state index in [-0.39, 0.29) is 11.3 Å². The zero-order chi connectivity index (χ0) is 10.9. The minimum Gasteiger partial charge on any atom is -0.258 e. The number of rotatable bonds is 2. The van der Waals surface area contributed by atoms with Crippen LogP contribution < -0.4 is 0 Å². The highest BCUT2D eigenvalue weighted by Gasteiger charge is 2.17. The molecule has 0 aliphatic rings. The topological polar surface area (TPSA) is 43.1 Å².